The molecule has 9 nitrogen and oxygen atoms in total. The van der Waals surface area contributed by atoms with Crippen LogP contribution in [0.25, 0.3) is 10.8 Å². The van der Waals surface area contributed by atoms with Crippen molar-refractivity contribution in [2.75, 3.05) is 18.0 Å². The molecule has 0 aromatic heterocycles. The van der Waals surface area contributed by atoms with Gasteiger partial charge in [-0.1, -0.05) is 30.3 Å². The molecule has 33 heavy (non-hydrogen) atoms. The summed E-state index contributed by atoms with van der Waals surface area (Å²) in [5, 5.41) is 13.6. The van der Waals surface area contributed by atoms with Gasteiger partial charge in [0, 0.05) is 24.7 Å². The first kappa shape index (κ1) is 22.1. The first-order valence-electron chi connectivity index (χ1n) is 10.7. The Morgan fingerprint density at radius 3 is 2.45 bits per heavy atom. The van der Waals surface area contributed by atoms with Gasteiger partial charge in [0.2, 0.25) is 0 Å². The lowest BCUT2D eigenvalue weighted by atomic mass is 10.1. The summed E-state index contributed by atoms with van der Waals surface area (Å²) < 4.78 is 5.69. The quantitative estimate of drug-likeness (QED) is 0.440. The summed E-state index contributed by atoms with van der Waals surface area (Å²) in [6.45, 7) is 3.06. The molecule has 0 saturated carbocycles. The molecular weight excluding hydrogens is 424 g/mol. The van der Waals surface area contributed by atoms with E-state index in [0.29, 0.717) is 11.4 Å². The van der Waals surface area contributed by atoms with E-state index in [9.17, 15) is 19.7 Å². The third-order valence-corrected chi connectivity index (χ3v) is 5.58. The van der Waals surface area contributed by atoms with Crippen molar-refractivity contribution in [2.45, 2.75) is 25.9 Å². The molecule has 0 aliphatic carbocycles. The molecule has 1 atom stereocenters. The van der Waals surface area contributed by atoms with Gasteiger partial charge in [-0.2, -0.15) is 0 Å². The number of anilines is 1. The molecular formula is C24H24N4O5. The number of nitro benzene ring substituents is 1. The molecule has 1 aliphatic rings. The number of ether oxygens (including phenoxy) is 1. The Hall–Kier alpha value is -4.14. The summed E-state index contributed by atoms with van der Waals surface area (Å²) in [5.74, 6) is -0.687. The molecule has 0 spiro atoms. The Morgan fingerprint density at radius 2 is 1.73 bits per heavy atom. The number of hydrogen-bond donors (Lipinski definition) is 2. The number of benzene rings is 3. The van der Waals surface area contributed by atoms with Crippen molar-refractivity contribution in [3.05, 3.63) is 76.3 Å². The van der Waals surface area contributed by atoms with Crippen molar-refractivity contribution in [3.8, 4) is 5.75 Å². The lowest BCUT2D eigenvalue weighted by Crippen LogP contribution is -2.47. The van der Waals surface area contributed by atoms with Gasteiger partial charge in [-0.05, 0) is 54.8 Å². The Kier molecular flexibility index (Phi) is 6.39. The lowest BCUT2D eigenvalue weighted by Gasteiger charge is -2.18. The monoisotopic (exact) mass is 448 g/mol. The zero-order valence-electron chi connectivity index (χ0n) is 18.1. The molecule has 1 unspecified atom stereocenters. The van der Waals surface area contributed by atoms with Gasteiger partial charge < -0.3 is 9.64 Å². The minimum atomic E-state index is -0.877. The molecule has 1 saturated heterocycles. The van der Waals surface area contributed by atoms with Crippen LogP contribution >= 0.6 is 0 Å². The van der Waals surface area contributed by atoms with Crippen LogP contribution in [0, 0.1) is 10.1 Å². The first-order valence-corrected chi connectivity index (χ1v) is 10.7. The Bertz CT molecular complexity index is 1210. The minimum absolute atomic E-state index is 0.0769. The van der Waals surface area contributed by atoms with Gasteiger partial charge >= 0.3 is 0 Å². The summed E-state index contributed by atoms with van der Waals surface area (Å²) in [6.07, 6.45) is 1.08. The fourth-order valence-corrected chi connectivity index (χ4v) is 3.83. The van der Waals surface area contributed by atoms with Crippen LogP contribution in [-0.2, 0) is 4.79 Å². The number of carbonyl (C=O) groups excluding carboxylic acids is 2. The third kappa shape index (κ3) is 5.03. The van der Waals surface area contributed by atoms with Crippen LogP contribution in [0.2, 0.25) is 0 Å². The fourth-order valence-electron chi connectivity index (χ4n) is 3.83. The van der Waals surface area contributed by atoms with Crippen LogP contribution in [-0.4, -0.2) is 35.9 Å². The summed E-state index contributed by atoms with van der Waals surface area (Å²) in [4.78, 5) is 37.8. The zero-order valence-corrected chi connectivity index (χ0v) is 18.1. The van der Waals surface area contributed by atoms with Gasteiger partial charge in [0.05, 0.1) is 4.92 Å². The normalized spacial score (nSPS) is 14.0. The second-order valence-corrected chi connectivity index (χ2v) is 7.87. The van der Waals surface area contributed by atoms with Gasteiger partial charge in [0.15, 0.2) is 6.10 Å². The average Bonchev–Trinajstić information content (AvgIpc) is 3.36. The SMILES string of the molecule is CC(Oc1ccc2ccccc2c1)C(=O)NNC(=O)c1ccc(N2CCCC2)c([N+](=O)[O-])c1. The maximum atomic E-state index is 12.5. The van der Waals surface area contributed by atoms with E-state index in [1.807, 2.05) is 41.3 Å². The maximum Gasteiger partial charge on any atom is 0.293 e. The van der Waals surface area contributed by atoms with Crippen LogP contribution in [0.5, 0.6) is 5.75 Å². The summed E-state index contributed by atoms with van der Waals surface area (Å²) in [7, 11) is 0. The molecule has 3 aromatic carbocycles. The highest BCUT2D eigenvalue weighted by molar-refractivity contribution is 5.97. The van der Waals surface area contributed by atoms with Crippen LogP contribution in [0.1, 0.15) is 30.1 Å². The highest BCUT2D eigenvalue weighted by atomic mass is 16.6. The molecule has 1 fully saturated rings. The number of fused-ring (bicyclic) bond motifs is 1. The second-order valence-electron chi connectivity index (χ2n) is 7.87. The lowest BCUT2D eigenvalue weighted by molar-refractivity contribution is -0.384. The smallest absolute Gasteiger partial charge is 0.293 e. The number of hydrogen-bond acceptors (Lipinski definition) is 6. The Labute approximate surface area is 190 Å². The van der Waals surface area contributed by atoms with E-state index in [1.165, 1.54) is 12.1 Å². The molecule has 1 aliphatic heterocycles. The summed E-state index contributed by atoms with van der Waals surface area (Å²) in [5.41, 5.74) is 5.05. The second kappa shape index (κ2) is 9.56. The van der Waals surface area contributed by atoms with Crippen molar-refractivity contribution in [1.29, 1.82) is 0 Å². The maximum absolute atomic E-state index is 12.5. The predicted octanol–water partition coefficient (Wildman–Crippen LogP) is 3.58. The summed E-state index contributed by atoms with van der Waals surface area (Å²) >= 11 is 0. The van der Waals surface area contributed by atoms with Gasteiger partial charge in [-0.15, -0.1) is 0 Å². The van der Waals surface area contributed by atoms with Crippen LogP contribution in [0.15, 0.2) is 60.7 Å². The molecule has 170 valence electrons. The van der Waals surface area contributed by atoms with E-state index in [0.717, 1.165) is 36.7 Å². The predicted molar refractivity (Wildman–Crippen MR) is 124 cm³/mol. The van der Waals surface area contributed by atoms with Crippen molar-refractivity contribution < 1.29 is 19.2 Å². The average molecular weight is 448 g/mol. The summed E-state index contributed by atoms with van der Waals surface area (Å²) in [6, 6.07) is 17.6. The van der Waals surface area contributed by atoms with E-state index in [2.05, 4.69) is 10.9 Å². The number of nitrogens with one attached hydrogen (secondary N) is 2. The molecule has 9 heteroatoms. The number of carbonyl (C=O) groups is 2. The minimum Gasteiger partial charge on any atom is -0.481 e. The number of rotatable bonds is 6. The van der Waals surface area contributed by atoms with Gasteiger partial charge in [0.1, 0.15) is 11.4 Å². The van der Waals surface area contributed by atoms with Crippen molar-refractivity contribution in [3.63, 3.8) is 0 Å². The number of hydrazine groups is 1. The largest absolute Gasteiger partial charge is 0.481 e. The molecule has 2 N–H and O–H groups in total. The standard InChI is InChI=1S/C24H24N4O5/c1-16(33-20-10-8-17-6-2-3-7-18(17)14-20)23(29)25-26-24(30)19-9-11-21(22(15-19)28(31)32)27-12-4-5-13-27/h2-3,6-11,14-16H,4-5,12-13H2,1H3,(H,25,29)(H,26,30). The van der Waals surface area contributed by atoms with Gasteiger partial charge in [-0.25, -0.2) is 0 Å². The number of nitrogens with zero attached hydrogens (tertiary/aromatic N) is 2. The van der Waals surface area contributed by atoms with Crippen molar-refractivity contribution in [1.82, 2.24) is 10.9 Å². The molecule has 2 amide bonds. The molecule has 1 heterocycles. The fraction of sp³-hybridized carbons (Fsp3) is 0.250. The molecule has 3 aromatic rings. The molecule has 0 radical (unpaired) electrons. The molecule has 4 rings (SSSR count). The van der Waals surface area contributed by atoms with E-state index < -0.39 is 22.8 Å². The van der Waals surface area contributed by atoms with Crippen LogP contribution in [0.3, 0.4) is 0 Å². The van der Waals surface area contributed by atoms with E-state index in [-0.39, 0.29) is 11.3 Å². The highest BCUT2D eigenvalue weighted by Gasteiger charge is 2.24. The Morgan fingerprint density at radius 1 is 1.00 bits per heavy atom. The van der Waals surface area contributed by atoms with E-state index >= 15 is 0 Å². The van der Waals surface area contributed by atoms with Gasteiger partial charge in [-0.3, -0.25) is 30.6 Å². The van der Waals surface area contributed by atoms with Gasteiger partial charge in [0.25, 0.3) is 17.5 Å². The van der Waals surface area contributed by atoms with Crippen LogP contribution in [0.4, 0.5) is 11.4 Å². The highest BCUT2D eigenvalue weighted by Crippen LogP contribution is 2.31. The third-order valence-electron chi connectivity index (χ3n) is 5.58. The van der Waals surface area contributed by atoms with Crippen molar-refractivity contribution in [2.24, 2.45) is 0 Å². The number of amides is 2. The van der Waals surface area contributed by atoms with E-state index in [4.69, 9.17) is 4.74 Å². The molecule has 0 bridgehead atoms. The van der Waals surface area contributed by atoms with E-state index in [1.54, 1.807) is 19.1 Å². The first-order chi connectivity index (χ1) is 15.9. The zero-order chi connectivity index (χ0) is 23.4. The van der Waals surface area contributed by atoms with Crippen molar-refractivity contribution >= 4 is 34.0 Å². The topological polar surface area (TPSA) is 114 Å². The van der Waals surface area contributed by atoms with Crippen LogP contribution < -0.4 is 20.5 Å². The Balaban J connectivity index is 1.37. The number of nitro groups is 1.